The fraction of sp³-hybridized carbons (Fsp3) is 0.278. The molecule has 0 heterocycles. The molecule has 0 aliphatic rings. The van der Waals surface area contributed by atoms with E-state index >= 15 is 0 Å². The van der Waals surface area contributed by atoms with Crippen molar-refractivity contribution in [3.63, 3.8) is 0 Å². The Kier molecular flexibility index (Phi) is 4.32. The predicted molar refractivity (Wildman–Crippen MR) is 87.4 cm³/mol. The second-order valence-electron chi connectivity index (χ2n) is 5.56. The Labute approximate surface area is 126 Å². The van der Waals surface area contributed by atoms with Crippen molar-refractivity contribution in [3.05, 3.63) is 64.2 Å². The van der Waals surface area contributed by atoms with Crippen LogP contribution in [-0.2, 0) is 0 Å². The summed E-state index contributed by atoms with van der Waals surface area (Å²) in [6.07, 6.45) is 0. The highest BCUT2D eigenvalue weighted by molar-refractivity contribution is 5.96. The molecule has 1 atom stereocenters. The normalized spacial score (nSPS) is 12.0. The second-order valence-corrected chi connectivity index (χ2v) is 5.56. The average Bonchev–Trinajstić information content (AvgIpc) is 2.44. The van der Waals surface area contributed by atoms with Gasteiger partial charge in [0.25, 0.3) is 5.91 Å². The molecule has 2 rings (SSSR count). The highest BCUT2D eigenvalue weighted by Crippen LogP contribution is 2.21. The zero-order valence-electron chi connectivity index (χ0n) is 13.0. The third kappa shape index (κ3) is 3.24. The molecule has 0 aromatic heterocycles. The van der Waals surface area contributed by atoms with Gasteiger partial charge < -0.3 is 11.1 Å². The third-order valence-electron chi connectivity index (χ3n) is 3.97. The molecule has 0 saturated carbocycles. The molecule has 3 N–H and O–H groups in total. The quantitative estimate of drug-likeness (QED) is 0.844. The van der Waals surface area contributed by atoms with E-state index in [2.05, 4.69) is 31.3 Å². The topological polar surface area (TPSA) is 55.1 Å². The van der Waals surface area contributed by atoms with E-state index in [-0.39, 0.29) is 11.9 Å². The van der Waals surface area contributed by atoms with E-state index in [1.54, 1.807) is 12.1 Å². The molecule has 1 unspecified atom stereocenters. The number of amides is 1. The van der Waals surface area contributed by atoms with Crippen LogP contribution >= 0.6 is 0 Å². The van der Waals surface area contributed by atoms with Crippen LogP contribution in [0.1, 0.15) is 45.6 Å². The molecular weight excluding hydrogens is 260 g/mol. The van der Waals surface area contributed by atoms with Crippen LogP contribution in [0.4, 0.5) is 5.69 Å². The first-order chi connectivity index (χ1) is 9.90. The predicted octanol–water partition coefficient (Wildman–Crippen LogP) is 3.69. The number of anilines is 1. The van der Waals surface area contributed by atoms with Gasteiger partial charge in [-0.2, -0.15) is 0 Å². The van der Waals surface area contributed by atoms with Crippen LogP contribution in [0, 0.1) is 20.8 Å². The first-order valence-corrected chi connectivity index (χ1v) is 7.13. The maximum atomic E-state index is 12.4. The number of carbonyl (C=O) groups is 1. The van der Waals surface area contributed by atoms with E-state index in [9.17, 15) is 4.79 Å². The van der Waals surface area contributed by atoms with E-state index in [0.717, 1.165) is 11.1 Å². The minimum atomic E-state index is -0.0896. The average molecular weight is 282 g/mol. The summed E-state index contributed by atoms with van der Waals surface area (Å²) in [6, 6.07) is 11.5. The Bertz CT molecular complexity index is 677. The minimum Gasteiger partial charge on any atom is -0.399 e. The molecule has 0 radical (unpaired) electrons. The Morgan fingerprint density at radius 2 is 1.81 bits per heavy atom. The van der Waals surface area contributed by atoms with Gasteiger partial charge in [-0.15, -0.1) is 0 Å². The monoisotopic (exact) mass is 282 g/mol. The summed E-state index contributed by atoms with van der Waals surface area (Å²) in [5.41, 5.74) is 11.5. The van der Waals surface area contributed by atoms with Crippen molar-refractivity contribution in [2.75, 3.05) is 5.73 Å². The van der Waals surface area contributed by atoms with Crippen molar-refractivity contribution in [2.45, 2.75) is 33.7 Å². The van der Waals surface area contributed by atoms with E-state index in [0.29, 0.717) is 11.3 Å². The van der Waals surface area contributed by atoms with Gasteiger partial charge in [0.1, 0.15) is 0 Å². The van der Waals surface area contributed by atoms with Gasteiger partial charge in [-0.05, 0) is 62.1 Å². The molecule has 0 aliphatic carbocycles. The summed E-state index contributed by atoms with van der Waals surface area (Å²) in [4.78, 5) is 12.4. The number of nitrogens with one attached hydrogen (secondary N) is 1. The number of benzene rings is 2. The smallest absolute Gasteiger partial charge is 0.252 e. The van der Waals surface area contributed by atoms with Crippen LogP contribution in [0.5, 0.6) is 0 Å². The molecule has 3 heteroatoms. The highest BCUT2D eigenvalue weighted by Gasteiger charge is 2.15. The lowest BCUT2D eigenvalue weighted by atomic mass is 9.98. The maximum Gasteiger partial charge on any atom is 0.252 e. The minimum absolute atomic E-state index is 0.0433. The molecule has 1 amide bonds. The fourth-order valence-electron chi connectivity index (χ4n) is 2.48. The fourth-order valence-corrected chi connectivity index (χ4v) is 2.48. The number of nitrogens with two attached hydrogens (primary N) is 1. The summed E-state index contributed by atoms with van der Waals surface area (Å²) < 4.78 is 0. The molecular formula is C18H22N2O. The lowest BCUT2D eigenvalue weighted by Gasteiger charge is -2.18. The summed E-state index contributed by atoms with van der Waals surface area (Å²) in [6.45, 7) is 8.08. The van der Waals surface area contributed by atoms with E-state index in [1.165, 1.54) is 11.1 Å². The number of hydrogen-bond donors (Lipinski definition) is 2. The molecule has 2 aromatic rings. The lowest BCUT2D eigenvalue weighted by Crippen LogP contribution is -2.28. The van der Waals surface area contributed by atoms with Gasteiger partial charge in [-0.25, -0.2) is 0 Å². The molecule has 0 saturated heterocycles. The van der Waals surface area contributed by atoms with Crippen LogP contribution in [0.3, 0.4) is 0 Å². The van der Waals surface area contributed by atoms with Crippen LogP contribution in [-0.4, -0.2) is 5.91 Å². The SMILES string of the molecule is Cc1ccc(N)cc1C(=O)NC(C)c1cccc(C)c1C. The van der Waals surface area contributed by atoms with Crippen molar-refractivity contribution in [1.29, 1.82) is 0 Å². The third-order valence-corrected chi connectivity index (χ3v) is 3.97. The summed E-state index contributed by atoms with van der Waals surface area (Å²) in [5, 5.41) is 3.05. The van der Waals surface area contributed by atoms with Crippen LogP contribution in [0.2, 0.25) is 0 Å². The van der Waals surface area contributed by atoms with Gasteiger partial charge >= 0.3 is 0 Å². The largest absolute Gasteiger partial charge is 0.399 e. The second kappa shape index (κ2) is 6.00. The van der Waals surface area contributed by atoms with E-state index in [1.807, 2.05) is 26.0 Å². The molecule has 2 aromatic carbocycles. The molecule has 0 spiro atoms. The number of aryl methyl sites for hydroxylation is 2. The highest BCUT2D eigenvalue weighted by atomic mass is 16.1. The summed E-state index contributed by atoms with van der Waals surface area (Å²) in [7, 11) is 0. The van der Waals surface area contributed by atoms with E-state index in [4.69, 9.17) is 5.73 Å². The molecule has 110 valence electrons. The van der Waals surface area contributed by atoms with Gasteiger partial charge in [0.05, 0.1) is 6.04 Å². The zero-order chi connectivity index (χ0) is 15.6. The zero-order valence-corrected chi connectivity index (χ0v) is 13.0. The lowest BCUT2D eigenvalue weighted by molar-refractivity contribution is 0.0939. The number of rotatable bonds is 3. The van der Waals surface area contributed by atoms with E-state index < -0.39 is 0 Å². The van der Waals surface area contributed by atoms with Gasteiger partial charge in [-0.1, -0.05) is 24.3 Å². The molecule has 3 nitrogen and oxygen atoms in total. The summed E-state index contributed by atoms with van der Waals surface area (Å²) >= 11 is 0. The Morgan fingerprint density at radius 3 is 2.52 bits per heavy atom. The maximum absolute atomic E-state index is 12.4. The van der Waals surface area contributed by atoms with Crippen LogP contribution < -0.4 is 11.1 Å². The number of carbonyl (C=O) groups excluding carboxylic acids is 1. The van der Waals surface area contributed by atoms with Crippen molar-refractivity contribution in [3.8, 4) is 0 Å². The van der Waals surface area contributed by atoms with Crippen molar-refractivity contribution in [1.82, 2.24) is 5.32 Å². The van der Waals surface area contributed by atoms with Crippen LogP contribution in [0.15, 0.2) is 36.4 Å². The first-order valence-electron chi connectivity index (χ1n) is 7.13. The van der Waals surface area contributed by atoms with Crippen molar-refractivity contribution >= 4 is 11.6 Å². The molecule has 0 aliphatic heterocycles. The Hall–Kier alpha value is -2.29. The number of hydrogen-bond acceptors (Lipinski definition) is 2. The Balaban J connectivity index is 2.23. The Morgan fingerprint density at radius 1 is 1.10 bits per heavy atom. The standard InChI is InChI=1S/C18H22N2O/c1-11-6-5-7-16(13(11)3)14(4)20-18(21)17-10-15(19)9-8-12(17)2/h5-10,14H,19H2,1-4H3,(H,20,21). The molecule has 21 heavy (non-hydrogen) atoms. The van der Waals surface area contributed by atoms with Gasteiger partial charge in [0.2, 0.25) is 0 Å². The first kappa shape index (κ1) is 15.1. The van der Waals surface area contributed by atoms with Crippen molar-refractivity contribution in [2.24, 2.45) is 0 Å². The molecule has 0 bridgehead atoms. The summed E-state index contributed by atoms with van der Waals surface area (Å²) in [5.74, 6) is -0.0896. The van der Waals surface area contributed by atoms with Gasteiger partial charge in [0, 0.05) is 11.3 Å². The van der Waals surface area contributed by atoms with Gasteiger partial charge in [-0.3, -0.25) is 4.79 Å². The van der Waals surface area contributed by atoms with Crippen molar-refractivity contribution < 1.29 is 4.79 Å². The number of nitrogen functional groups attached to an aromatic ring is 1. The van der Waals surface area contributed by atoms with Gasteiger partial charge in [0.15, 0.2) is 0 Å². The van der Waals surface area contributed by atoms with Crippen LogP contribution in [0.25, 0.3) is 0 Å². The molecule has 0 fully saturated rings.